The molecule has 2 heterocycles. The van der Waals surface area contributed by atoms with Gasteiger partial charge in [0.25, 0.3) is 5.91 Å². The molecular formula is C23H25ClN4O3. The standard InChI is InChI=1S/C23H25ClN4O3/c1-3-31-21-9-4-16(14-20(21)24)22-19(15-25-26-22)23(29)28-12-10-27(11-13-28)17-5-7-18(30-2)8-6-17/h4-9,14-15H,3,10-13H2,1-2H3,(H,25,26). The van der Waals surface area contributed by atoms with Crippen LogP contribution >= 0.6 is 11.6 Å². The highest BCUT2D eigenvalue weighted by Gasteiger charge is 2.25. The van der Waals surface area contributed by atoms with Crippen LogP contribution in [0, 0.1) is 0 Å². The Kier molecular flexibility index (Phi) is 6.32. The van der Waals surface area contributed by atoms with Crippen molar-refractivity contribution in [1.82, 2.24) is 15.1 Å². The van der Waals surface area contributed by atoms with Crippen LogP contribution in [0.3, 0.4) is 0 Å². The number of ether oxygens (including phenoxy) is 2. The first-order chi connectivity index (χ1) is 15.1. The van der Waals surface area contributed by atoms with E-state index in [4.69, 9.17) is 21.1 Å². The fourth-order valence-electron chi connectivity index (χ4n) is 3.73. The molecule has 1 saturated heterocycles. The number of anilines is 1. The molecule has 4 rings (SSSR count). The zero-order valence-electron chi connectivity index (χ0n) is 17.6. The summed E-state index contributed by atoms with van der Waals surface area (Å²) in [5.74, 6) is 1.41. The predicted molar refractivity (Wildman–Crippen MR) is 121 cm³/mol. The highest BCUT2D eigenvalue weighted by Crippen LogP contribution is 2.31. The number of rotatable bonds is 6. The Morgan fingerprint density at radius 3 is 2.52 bits per heavy atom. The van der Waals surface area contributed by atoms with E-state index in [0.717, 1.165) is 30.1 Å². The molecule has 1 aromatic heterocycles. The molecule has 0 spiro atoms. The molecule has 3 aromatic rings. The Bertz CT molecular complexity index is 1040. The lowest BCUT2D eigenvalue weighted by Gasteiger charge is -2.36. The summed E-state index contributed by atoms with van der Waals surface area (Å²) < 4.78 is 10.7. The van der Waals surface area contributed by atoms with Gasteiger partial charge < -0.3 is 19.3 Å². The van der Waals surface area contributed by atoms with Gasteiger partial charge in [-0.2, -0.15) is 5.10 Å². The molecule has 1 amide bonds. The van der Waals surface area contributed by atoms with Crippen molar-refractivity contribution in [3.63, 3.8) is 0 Å². The van der Waals surface area contributed by atoms with Gasteiger partial charge in [-0.3, -0.25) is 9.89 Å². The average molecular weight is 441 g/mol. The number of carbonyl (C=O) groups excluding carboxylic acids is 1. The van der Waals surface area contributed by atoms with E-state index in [1.807, 2.05) is 48.2 Å². The molecule has 1 N–H and O–H groups in total. The average Bonchev–Trinajstić information content (AvgIpc) is 3.30. The van der Waals surface area contributed by atoms with Gasteiger partial charge in [0.15, 0.2) is 0 Å². The van der Waals surface area contributed by atoms with Crippen LogP contribution in [-0.2, 0) is 0 Å². The minimum Gasteiger partial charge on any atom is -0.497 e. The number of hydrogen-bond acceptors (Lipinski definition) is 5. The summed E-state index contributed by atoms with van der Waals surface area (Å²) in [5, 5.41) is 7.56. The third-order valence-corrected chi connectivity index (χ3v) is 5.69. The lowest BCUT2D eigenvalue weighted by Crippen LogP contribution is -2.48. The number of methoxy groups -OCH3 is 1. The van der Waals surface area contributed by atoms with Gasteiger partial charge in [0.1, 0.15) is 11.5 Å². The Labute approximate surface area is 186 Å². The number of nitrogens with one attached hydrogen (secondary N) is 1. The minimum atomic E-state index is -0.0388. The molecular weight excluding hydrogens is 416 g/mol. The first kappa shape index (κ1) is 21.1. The topological polar surface area (TPSA) is 70.7 Å². The zero-order valence-corrected chi connectivity index (χ0v) is 18.4. The van der Waals surface area contributed by atoms with Crippen molar-refractivity contribution in [2.45, 2.75) is 6.92 Å². The maximum atomic E-state index is 13.2. The Balaban J connectivity index is 1.45. The molecule has 0 radical (unpaired) electrons. The highest BCUT2D eigenvalue weighted by molar-refractivity contribution is 6.32. The molecule has 1 aliphatic rings. The molecule has 1 aliphatic heterocycles. The second-order valence-corrected chi connectivity index (χ2v) is 7.62. The third-order valence-electron chi connectivity index (χ3n) is 5.39. The van der Waals surface area contributed by atoms with E-state index in [1.165, 1.54) is 0 Å². The summed E-state index contributed by atoms with van der Waals surface area (Å²) in [5.41, 5.74) is 3.12. The largest absolute Gasteiger partial charge is 0.497 e. The number of piperazine rings is 1. The van der Waals surface area contributed by atoms with Gasteiger partial charge in [0, 0.05) is 37.4 Å². The van der Waals surface area contributed by atoms with Gasteiger partial charge in [0.2, 0.25) is 0 Å². The monoisotopic (exact) mass is 440 g/mol. The number of aromatic amines is 1. The smallest absolute Gasteiger partial charge is 0.257 e. The SMILES string of the molecule is CCOc1ccc(-c2[nH]ncc2C(=O)N2CCN(c3ccc(OC)cc3)CC2)cc1Cl. The maximum absolute atomic E-state index is 13.2. The first-order valence-electron chi connectivity index (χ1n) is 10.2. The third kappa shape index (κ3) is 4.46. The number of aromatic nitrogens is 2. The van der Waals surface area contributed by atoms with E-state index in [0.29, 0.717) is 41.7 Å². The normalized spacial score (nSPS) is 13.9. The molecule has 2 aromatic carbocycles. The van der Waals surface area contributed by atoms with Crippen molar-refractivity contribution in [2.24, 2.45) is 0 Å². The molecule has 162 valence electrons. The van der Waals surface area contributed by atoms with Gasteiger partial charge >= 0.3 is 0 Å². The van der Waals surface area contributed by atoms with Crippen molar-refractivity contribution < 1.29 is 14.3 Å². The summed E-state index contributed by atoms with van der Waals surface area (Å²) in [6, 6.07) is 13.5. The number of amides is 1. The number of benzene rings is 2. The number of hydrogen-bond donors (Lipinski definition) is 1. The molecule has 0 aliphatic carbocycles. The van der Waals surface area contributed by atoms with Crippen LogP contribution in [0.4, 0.5) is 5.69 Å². The molecule has 0 saturated carbocycles. The second kappa shape index (κ2) is 9.31. The summed E-state index contributed by atoms with van der Waals surface area (Å²) in [4.78, 5) is 17.3. The van der Waals surface area contributed by atoms with Gasteiger partial charge in [-0.25, -0.2) is 0 Å². The minimum absolute atomic E-state index is 0.0388. The highest BCUT2D eigenvalue weighted by atomic mass is 35.5. The van der Waals surface area contributed by atoms with Crippen molar-refractivity contribution >= 4 is 23.2 Å². The second-order valence-electron chi connectivity index (χ2n) is 7.21. The van der Waals surface area contributed by atoms with Gasteiger partial charge in [-0.1, -0.05) is 11.6 Å². The maximum Gasteiger partial charge on any atom is 0.257 e. The van der Waals surface area contributed by atoms with Gasteiger partial charge in [-0.05, 0) is 49.4 Å². The van der Waals surface area contributed by atoms with Crippen LogP contribution in [0.25, 0.3) is 11.3 Å². The van der Waals surface area contributed by atoms with Crippen LogP contribution in [-0.4, -0.2) is 60.9 Å². The van der Waals surface area contributed by atoms with Crippen LogP contribution in [0.2, 0.25) is 5.02 Å². The molecule has 7 nitrogen and oxygen atoms in total. The van der Waals surface area contributed by atoms with E-state index >= 15 is 0 Å². The number of nitrogens with zero attached hydrogens (tertiary/aromatic N) is 3. The summed E-state index contributed by atoms with van der Waals surface area (Å²) in [6.45, 7) is 5.25. The van der Waals surface area contributed by atoms with Crippen LogP contribution in [0.5, 0.6) is 11.5 Å². The molecule has 31 heavy (non-hydrogen) atoms. The van der Waals surface area contributed by atoms with E-state index in [2.05, 4.69) is 15.1 Å². The van der Waals surface area contributed by atoms with E-state index in [9.17, 15) is 4.79 Å². The van der Waals surface area contributed by atoms with Gasteiger partial charge in [-0.15, -0.1) is 0 Å². The van der Waals surface area contributed by atoms with Crippen molar-refractivity contribution in [3.05, 3.63) is 59.2 Å². The zero-order chi connectivity index (χ0) is 21.8. The molecule has 0 bridgehead atoms. The Morgan fingerprint density at radius 1 is 1.13 bits per heavy atom. The predicted octanol–water partition coefficient (Wildman–Crippen LogP) is 4.10. The molecule has 0 unspecified atom stereocenters. The van der Waals surface area contributed by atoms with E-state index < -0.39 is 0 Å². The van der Waals surface area contributed by atoms with Crippen LogP contribution in [0.15, 0.2) is 48.7 Å². The summed E-state index contributed by atoms with van der Waals surface area (Å²) >= 11 is 6.33. The lowest BCUT2D eigenvalue weighted by molar-refractivity contribution is 0.0747. The fraction of sp³-hybridized carbons (Fsp3) is 0.304. The quantitative estimate of drug-likeness (QED) is 0.624. The van der Waals surface area contributed by atoms with E-state index in [1.54, 1.807) is 19.4 Å². The van der Waals surface area contributed by atoms with Crippen LogP contribution in [0.1, 0.15) is 17.3 Å². The Hall–Kier alpha value is -3.19. The molecule has 1 fully saturated rings. The number of H-pyrrole nitrogens is 1. The summed E-state index contributed by atoms with van der Waals surface area (Å²) in [7, 11) is 1.66. The number of carbonyl (C=O) groups is 1. The lowest BCUT2D eigenvalue weighted by atomic mass is 10.1. The van der Waals surface area contributed by atoms with E-state index in [-0.39, 0.29) is 5.91 Å². The first-order valence-corrected chi connectivity index (χ1v) is 10.6. The summed E-state index contributed by atoms with van der Waals surface area (Å²) in [6.07, 6.45) is 1.58. The van der Waals surface area contributed by atoms with Crippen molar-refractivity contribution in [3.8, 4) is 22.8 Å². The molecule has 0 atom stereocenters. The number of halogens is 1. The fourth-order valence-corrected chi connectivity index (χ4v) is 3.96. The Morgan fingerprint density at radius 2 is 1.87 bits per heavy atom. The molecule has 8 heteroatoms. The van der Waals surface area contributed by atoms with Gasteiger partial charge in [0.05, 0.1) is 36.2 Å². The van der Waals surface area contributed by atoms with Crippen LogP contribution < -0.4 is 14.4 Å². The van der Waals surface area contributed by atoms with Crippen molar-refractivity contribution in [1.29, 1.82) is 0 Å². The van der Waals surface area contributed by atoms with Crippen molar-refractivity contribution in [2.75, 3.05) is 44.8 Å².